The number of carbonyl (C=O) groups excluding carboxylic acids is 1. The maximum absolute atomic E-state index is 12.9. The van der Waals surface area contributed by atoms with Gasteiger partial charge >= 0.3 is 0 Å². The minimum atomic E-state index is -0.186. The molecule has 24 heavy (non-hydrogen) atoms. The van der Waals surface area contributed by atoms with Gasteiger partial charge in [-0.2, -0.15) is 5.26 Å². The van der Waals surface area contributed by atoms with E-state index in [9.17, 15) is 10.1 Å². The first-order chi connectivity index (χ1) is 11.5. The molecular weight excluding hydrogens is 298 g/mol. The van der Waals surface area contributed by atoms with Crippen molar-refractivity contribution in [1.82, 2.24) is 9.80 Å². The van der Waals surface area contributed by atoms with Crippen LogP contribution in [0.2, 0.25) is 0 Å². The smallest absolute Gasteiger partial charge is 0.266 e. The van der Waals surface area contributed by atoms with E-state index in [1.54, 1.807) is 11.1 Å². The molecule has 1 unspecified atom stereocenters. The van der Waals surface area contributed by atoms with Gasteiger partial charge in [0.25, 0.3) is 5.91 Å². The van der Waals surface area contributed by atoms with Crippen LogP contribution in [-0.2, 0) is 11.3 Å². The molecule has 1 fully saturated rings. The predicted octanol–water partition coefficient (Wildman–Crippen LogP) is 3.71. The van der Waals surface area contributed by atoms with E-state index < -0.39 is 0 Å². The Balaban J connectivity index is 2.18. The van der Waals surface area contributed by atoms with Crippen LogP contribution in [0.5, 0.6) is 0 Å². The van der Waals surface area contributed by atoms with Gasteiger partial charge in [0.15, 0.2) is 0 Å². The molecule has 0 aromatic heterocycles. The van der Waals surface area contributed by atoms with Gasteiger partial charge in [-0.25, -0.2) is 0 Å². The lowest BCUT2D eigenvalue weighted by molar-refractivity contribution is -0.129. The highest BCUT2D eigenvalue weighted by Crippen LogP contribution is 2.19. The lowest BCUT2D eigenvalue weighted by Gasteiger charge is -2.33. The van der Waals surface area contributed by atoms with Gasteiger partial charge in [-0.05, 0) is 45.6 Å². The molecule has 0 N–H and O–H groups in total. The summed E-state index contributed by atoms with van der Waals surface area (Å²) in [6.45, 7) is 7.56. The Morgan fingerprint density at radius 1 is 1.38 bits per heavy atom. The number of amides is 1. The molecule has 0 saturated carbocycles. The molecule has 1 atom stereocenters. The van der Waals surface area contributed by atoms with Crippen molar-refractivity contribution < 1.29 is 4.79 Å². The fourth-order valence-electron chi connectivity index (χ4n) is 3.03. The number of nitrogens with zero attached hydrogens (tertiary/aromatic N) is 3. The molecule has 1 aromatic rings. The van der Waals surface area contributed by atoms with Crippen LogP contribution in [0.15, 0.2) is 42.1 Å². The largest absolute Gasteiger partial charge is 0.373 e. The molecule has 1 aromatic carbocycles. The van der Waals surface area contributed by atoms with E-state index in [-0.39, 0.29) is 17.5 Å². The molecule has 1 heterocycles. The third kappa shape index (κ3) is 4.61. The third-order valence-electron chi connectivity index (χ3n) is 4.58. The first-order valence-corrected chi connectivity index (χ1v) is 8.75. The zero-order chi connectivity index (χ0) is 17.5. The minimum Gasteiger partial charge on any atom is -0.373 e. The van der Waals surface area contributed by atoms with Crippen molar-refractivity contribution in [1.29, 1.82) is 5.26 Å². The summed E-state index contributed by atoms with van der Waals surface area (Å²) >= 11 is 0. The van der Waals surface area contributed by atoms with Crippen molar-refractivity contribution >= 4 is 5.91 Å². The van der Waals surface area contributed by atoms with Crippen LogP contribution in [0, 0.1) is 11.3 Å². The van der Waals surface area contributed by atoms with Crippen molar-refractivity contribution in [3.05, 3.63) is 47.7 Å². The molecule has 1 amide bonds. The lowest BCUT2D eigenvalue weighted by atomic mass is 10.0. The molecule has 1 saturated heterocycles. The Hall–Kier alpha value is -2.28. The second-order valence-corrected chi connectivity index (χ2v) is 6.75. The van der Waals surface area contributed by atoms with E-state index >= 15 is 0 Å². The highest BCUT2D eigenvalue weighted by molar-refractivity contribution is 5.97. The molecule has 4 nitrogen and oxygen atoms in total. The van der Waals surface area contributed by atoms with Gasteiger partial charge in [0, 0.05) is 31.4 Å². The molecule has 1 aliphatic heterocycles. The summed E-state index contributed by atoms with van der Waals surface area (Å²) in [6, 6.07) is 12.4. The van der Waals surface area contributed by atoms with Crippen LogP contribution in [0.3, 0.4) is 0 Å². The van der Waals surface area contributed by atoms with Crippen molar-refractivity contribution in [2.24, 2.45) is 0 Å². The van der Waals surface area contributed by atoms with Gasteiger partial charge in [0.05, 0.1) is 0 Å². The molecule has 4 heteroatoms. The topological polar surface area (TPSA) is 47.3 Å². The number of nitriles is 1. The summed E-state index contributed by atoms with van der Waals surface area (Å²) in [5.74, 6) is -0.186. The van der Waals surface area contributed by atoms with Gasteiger partial charge in [0.1, 0.15) is 11.6 Å². The second kappa shape index (κ2) is 8.54. The van der Waals surface area contributed by atoms with Crippen molar-refractivity contribution in [3.8, 4) is 6.07 Å². The molecule has 2 rings (SSSR count). The molecule has 128 valence electrons. The number of benzene rings is 1. The van der Waals surface area contributed by atoms with Crippen LogP contribution in [0.25, 0.3) is 0 Å². The summed E-state index contributed by atoms with van der Waals surface area (Å²) in [5, 5.41) is 9.52. The monoisotopic (exact) mass is 325 g/mol. The first-order valence-electron chi connectivity index (χ1n) is 8.75. The van der Waals surface area contributed by atoms with Crippen molar-refractivity contribution in [2.45, 2.75) is 58.7 Å². The van der Waals surface area contributed by atoms with E-state index in [0.717, 1.165) is 24.9 Å². The molecule has 0 spiro atoms. The quantitative estimate of drug-likeness (QED) is 0.612. The molecule has 1 aliphatic rings. The van der Waals surface area contributed by atoms with E-state index in [1.165, 1.54) is 6.42 Å². The highest BCUT2D eigenvalue weighted by atomic mass is 16.2. The number of rotatable bonds is 5. The van der Waals surface area contributed by atoms with Gasteiger partial charge in [0.2, 0.25) is 0 Å². The van der Waals surface area contributed by atoms with Crippen LogP contribution in [-0.4, -0.2) is 34.3 Å². The number of hydrogen-bond donors (Lipinski definition) is 0. The van der Waals surface area contributed by atoms with Crippen LogP contribution < -0.4 is 0 Å². The maximum Gasteiger partial charge on any atom is 0.266 e. The normalized spacial score (nSPS) is 18.4. The lowest BCUT2D eigenvalue weighted by Crippen LogP contribution is -2.39. The van der Waals surface area contributed by atoms with E-state index in [4.69, 9.17) is 0 Å². The average molecular weight is 325 g/mol. The number of hydrogen-bond acceptors (Lipinski definition) is 3. The van der Waals surface area contributed by atoms with E-state index in [0.29, 0.717) is 12.6 Å². The summed E-state index contributed by atoms with van der Waals surface area (Å²) < 4.78 is 0. The zero-order valence-corrected chi connectivity index (χ0v) is 14.9. The van der Waals surface area contributed by atoms with Gasteiger partial charge in [-0.3, -0.25) is 4.79 Å². The summed E-state index contributed by atoms with van der Waals surface area (Å²) in [5.41, 5.74) is 1.30. The number of likely N-dealkylation sites (tertiary alicyclic amines) is 1. The summed E-state index contributed by atoms with van der Waals surface area (Å²) in [4.78, 5) is 16.8. The number of carbonyl (C=O) groups is 1. The Morgan fingerprint density at radius 3 is 2.67 bits per heavy atom. The molecule has 0 bridgehead atoms. The van der Waals surface area contributed by atoms with Gasteiger partial charge in [-0.1, -0.05) is 30.3 Å². The number of piperidine rings is 1. The second-order valence-electron chi connectivity index (χ2n) is 6.75. The summed E-state index contributed by atoms with van der Waals surface area (Å²) in [7, 11) is 0. The predicted molar refractivity (Wildman–Crippen MR) is 95.8 cm³/mol. The van der Waals surface area contributed by atoms with E-state index in [2.05, 4.69) is 17.9 Å². The first kappa shape index (κ1) is 18.1. The Bertz CT molecular complexity index is 616. The fraction of sp³-hybridized carbons (Fsp3) is 0.500. The maximum atomic E-state index is 12.9. The van der Waals surface area contributed by atoms with Crippen molar-refractivity contribution in [3.63, 3.8) is 0 Å². The molecule has 0 radical (unpaired) electrons. The minimum absolute atomic E-state index is 0.0354. The van der Waals surface area contributed by atoms with Crippen LogP contribution in [0.4, 0.5) is 0 Å². The van der Waals surface area contributed by atoms with Gasteiger partial charge < -0.3 is 9.80 Å². The Morgan fingerprint density at radius 2 is 2.08 bits per heavy atom. The fourth-order valence-corrected chi connectivity index (χ4v) is 3.03. The Kier molecular flexibility index (Phi) is 6.43. The Labute approximate surface area is 145 Å². The van der Waals surface area contributed by atoms with Gasteiger partial charge in [-0.15, -0.1) is 0 Å². The molecule has 0 aliphatic carbocycles. The van der Waals surface area contributed by atoms with Crippen LogP contribution in [0.1, 0.15) is 45.6 Å². The zero-order valence-electron chi connectivity index (χ0n) is 14.9. The summed E-state index contributed by atoms with van der Waals surface area (Å²) in [6.07, 6.45) is 5.22. The van der Waals surface area contributed by atoms with Crippen LogP contribution >= 0.6 is 0 Å². The molecular formula is C20H27N3O. The highest BCUT2D eigenvalue weighted by Gasteiger charge is 2.23. The standard InChI is InChI=1S/C20H27N3O/c1-16(2)23(14-18-10-5-4-6-11-18)20(24)19(13-21)15-22-12-8-7-9-17(22)3/h4-6,10-11,15-17H,7-9,12,14H2,1-3H3/b19-15-. The SMILES string of the molecule is CC1CCCCN1/C=C(/C#N)C(=O)N(Cc1ccccc1)C(C)C. The third-order valence-corrected chi connectivity index (χ3v) is 4.58. The average Bonchev–Trinajstić information content (AvgIpc) is 2.59. The van der Waals surface area contributed by atoms with Crippen molar-refractivity contribution in [2.75, 3.05) is 6.54 Å². The van der Waals surface area contributed by atoms with E-state index in [1.807, 2.05) is 44.2 Å².